The number of fused-ring (bicyclic) bond motifs is 1. The van der Waals surface area contributed by atoms with E-state index in [0.29, 0.717) is 54.7 Å². The molecule has 1 N–H and O–H groups in total. The number of nitrogens with zero attached hydrogens (tertiary/aromatic N) is 2. The average molecular weight is 490 g/mol. The molecule has 4 rings (SSSR count). The monoisotopic (exact) mass is 489 g/mol. The van der Waals surface area contributed by atoms with Gasteiger partial charge < -0.3 is 10.2 Å². The average Bonchev–Trinajstić information content (AvgIpc) is 2.94. The van der Waals surface area contributed by atoms with Gasteiger partial charge in [0.2, 0.25) is 21.8 Å². The fourth-order valence-electron chi connectivity index (χ4n) is 4.31. The second-order valence-electron chi connectivity index (χ2n) is 8.77. The Morgan fingerprint density at radius 2 is 1.79 bits per heavy atom. The number of halogens is 1. The van der Waals surface area contributed by atoms with Crippen molar-refractivity contribution >= 4 is 44.8 Å². The van der Waals surface area contributed by atoms with Gasteiger partial charge in [0.15, 0.2) is 0 Å². The highest BCUT2D eigenvalue weighted by Crippen LogP contribution is 2.31. The first kappa shape index (κ1) is 23.7. The molecule has 1 saturated heterocycles. The van der Waals surface area contributed by atoms with Crippen LogP contribution in [0, 0.1) is 5.92 Å². The van der Waals surface area contributed by atoms with Gasteiger partial charge in [-0.3, -0.25) is 9.59 Å². The number of carbonyl (C=O) groups is 2. The molecular weight excluding hydrogens is 462 g/mol. The van der Waals surface area contributed by atoms with Crippen LogP contribution in [-0.4, -0.2) is 44.2 Å². The maximum atomic E-state index is 13.2. The SMILES string of the molecule is CC1CCN(S(=O)(=O)c2ccc3c(c2)CCCC(=O)N3CC(=O)Nc2ccc(Cl)cc2)CC1. The Labute approximate surface area is 199 Å². The fraction of sp³-hybridized carbons (Fsp3) is 0.417. The number of anilines is 2. The van der Waals surface area contributed by atoms with Crippen molar-refractivity contribution in [3.8, 4) is 0 Å². The Kier molecular flexibility index (Phi) is 7.07. The lowest BCUT2D eigenvalue weighted by atomic mass is 10.0. The molecule has 0 bridgehead atoms. The molecule has 2 aromatic carbocycles. The van der Waals surface area contributed by atoms with E-state index in [1.54, 1.807) is 46.8 Å². The summed E-state index contributed by atoms with van der Waals surface area (Å²) in [5.41, 5.74) is 1.95. The minimum absolute atomic E-state index is 0.148. The fourth-order valence-corrected chi connectivity index (χ4v) is 5.96. The zero-order valence-electron chi connectivity index (χ0n) is 18.6. The number of sulfonamides is 1. The highest BCUT2D eigenvalue weighted by Gasteiger charge is 2.30. The summed E-state index contributed by atoms with van der Waals surface area (Å²) in [6.45, 7) is 3.04. The van der Waals surface area contributed by atoms with Crippen LogP contribution >= 0.6 is 11.6 Å². The van der Waals surface area contributed by atoms with E-state index < -0.39 is 10.0 Å². The van der Waals surface area contributed by atoms with Crippen LogP contribution in [0.5, 0.6) is 0 Å². The van der Waals surface area contributed by atoms with Gasteiger partial charge in [0.25, 0.3) is 0 Å². The van der Waals surface area contributed by atoms with Crippen molar-refractivity contribution in [3.63, 3.8) is 0 Å². The Morgan fingerprint density at radius 3 is 2.48 bits per heavy atom. The summed E-state index contributed by atoms with van der Waals surface area (Å²) in [5, 5.41) is 3.34. The number of amides is 2. The number of hydrogen-bond donors (Lipinski definition) is 1. The third-order valence-corrected chi connectivity index (χ3v) is 8.44. The molecule has 2 aliphatic rings. The number of hydrogen-bond acceptors (Lipinski definition) is 4. The van der Waals surface area contributed by atoms with Crippen molar-refractivity contribution in [2.24, 2.45) is 5.92 Å². The number of carbonyl (C=O) groups excluding carboxylic acids is 2. The number of piperidine rings is 1. The number of rotatable bonds is 5. The minimum Gasteiger partial charge on any atom is -0.325 e. The first-order chi connectivity index (χ1) is 15.7. The van der Waals surface area contributed by atoms with Crippen molar-refractivity contribution in [1.29, 1.82) is 0 Å². The molecular formula is C24H28ClN3O4S. The van der Waals surface area contributed by atoms with Crippen molar-refractivity contribution < 1.29 is 18.0 Å². The van der Waals surface area contributed by atoms with Crippen LogP contribution in [0.4, 0.5) is 11.4 Å². The van der Waals surface area contributed by atoms with Crippen molar-refractivity contribution in [2.75, 3.05) is 29.9 Å². The molecule has 0 saturated carbocycles. The lowest BCUT2D eigenvalue weighted by Crippen LogP contribution is -2.38. The molecule has 0 aliphatic carbocycles. The summed E-state index contributed by atoms with van der Waals surface area (Å²) in [6, 6.07) is 11.6. The standard InChI is InChI=1S/C24H28ClN3O4S/c1-17-11-13-27(14-12-17)33(31,32)21-9-10-22-18(15-21)3-2-4-24(30)28(22)16-23(29)26-20-7-5-19(25)6-8-20/h5-10,15,17H,2-4,11-14,16H2,1H3,(H,26,29). The van der Waals surface area contributed by atoms with Gasteiger partial charge in [-0.2, -0.15) is 4.31 Å². The van der Waals surface area contributed by atoms with Crippen LogP contribution in [0.15, 0.2) is 47.4 Å². The van der Waals surface area contributed by atoms with E-state index in [1.807, 2.05) is 0 Å². The molecule has 2 heterocycles. The van der Waals surface area contributed by atoms with Crippen LogP contribution in [0.1, 0.15) is 38.2 Å². The van der Waals surface area contributed by atoms with Gasteiger partial charge in [-0.05, 0) is 79.6 Å². The highest BCUT2D eigenvalue weighted by molar-refractivity contribution is 7.89. The zero-order chi connectivity index (χ0) is 23.6. The summed E-state index contributed by atoms with van der Waals surface area (Å²) in [5.74, 6) is 0.0420. The van der Waals surface area contributed by atoms with E-state index in [1.165, 1.54) is 4.90 Å². The molecule has 0 atom stereocenters. The van der Waals surface area contributed by atoms with E-state index >= 15 is 0 Å². The van der Waals surface area contributed by atoms with Gasteiger partial charge in [-0.1, -0.05) is 18.5 Å². The second kappa shape index (κ2) is 9.83. The van der Waals surface area contributed by atoms with E-state index in [9.17, 15) is 18.0 Å². The molecule has 1 fully saturated rings. The number of benzene rings is 2. The zero-order valence-corrected chi connectivity index (χ0v) is 20.2. The van der Waals surface area contributed by atoms with Crippen molar-refractivity contribution in [1.82, 2.24) is 4.31 Å². The Balaban J connectivity index is 1.55. The van der Waals surface area contributed by atoms with E-state index in [0.717, 1.165) is 18.4 Å². The molecule has 0 spiro atoms. The maximum Gasteiger partial charge on any atom is 0.244 e. The molecule has 176 valence electrons. The molecule has 33 heavy (non-hydrogen) atoms. The summed E-state index contributed by atoms with van der Waals surface area (Å²) in [6.07, 6.45) is 3.20. The quantitative estimate of drug-likeness (QED) is 0.685. The summed E-state index contributed by atoms with van der Waals surface area (Å²) >= 11 is 5.89. The van der Waals surface area contributed by atoms with Crippen LogP contribution < -0.4 is 10.2 Å². The summed E-state index contributed by atoms with van der Waals surface area (Å²) in [7, 11) is -3.59. The predicted octanol–water partition coefficient (Wildman–Crippen LogP) is 4.07. The van der Waals surface area contributed by atoms with Crippen molar-refractivity contribution in [3.05, 3.63) is 53.1 Å². The molecule has 7 nitrogen and oxygen atoms in total. The first-order valence-corrected chi connectivity index (χ1v) is 13.0. The predicted molar refractivity (Wildman–Crippen MR) is 129 cm³/mol. The largest absolute Gasteiger partial charge is 0.325 e. The van der Waals surface area contributed by atoms with Gasteiger partial charge in [0.05, 0.1) is 4.90 Å². The van der Waals surface area contributed by atoms with E-state index in [-0.39, 0.29) is 23.3 Å². The van der Waals surface area contributed by atoms with Gasteiger partial charge in [-0.25, -0.2) is 8.42 Å². The van der Waals surface area contributed by atoms with Crippen LogP contribution in [0.2, 0.25) is 5.02 Å². The summed E-state index contributed by atoms with van der Waals surface area (Å²) in [4.78, 5) is 27.1. The number of aryl methyl sites for hydroxylation is 1. The Morgan fingerprint density at radius 1 is 1.09 bits per heavy atom. The first-order valence-electron chi connectivity index (χ1n) is 11.2. The third-order valence-electron chi connectivity index (χ3n) is 6.29. The normalized spacial score (nSPS) is 18.0. The van der Waals surface area contributed by atoms with Gasteiger partial charge in [0.1, 0.15) is 6.54 Å². The van der Waals surface area contributed by atoms with Crippen LogP contribution in [-0.2, 0) is 26.0 Å². The molecule has 0 radical (unpaired) electrons. The molecule has 2 aliphatic heterocycles. The smallest absolute Gasteiger partial charge is 0.244 e. The maximum absolute atomic E-state index is 13.2. The van der Waals surface area contributed by atoms with Gasteiger partial charge in [-0.15, -0.1) is 0 Å². The number of nitrogens with one attached hydrogen (secondary N) is 1. The lowest BCUT2D eigenvalue weighted by Gasteiger charge is -2.30. The molecule has 2 amide bonds. The lowest BCUT2D eigenvalue weighted by molar-refractivity contribution is -0.121. The molecule has 0 aromatic heterocycles. The van der Waals surface area contributed by atoms with Gasteiger partial charge >= 0.3 is 0 Å². The van der Waals surface area contributed by atoms with Crippen LogP contribution in [0.25, 0.3) is 0 Å². The Bertz CT molecular complexity index is 1140. The topological polar surface area (TPSA) is 86.8 Å². The van der Waals surface area contributed by atoms with E-state index in [2.05, 4.69) is 12.2 Å². The second-order valence-corrected chi connectivity index (χ2v) is 11.1. The third kappa shape index (κ3) is 5.39. The van der Waals surface area contributed by atoms with Gasteiger partial charge in [0, 0.05) is 35.9 Å². The van der Waals surface area contributed by atoms with E-state index in [4.69, 9.17) is 11.6 Å². The highest BCUT2D eigenvalue weighted by atomic mass is 35.5. The summed E-state index contributed by atoms with van der Waals surface area (Å²) < 4.78 is 27.9. The van der Waals surface area contributed by atoms with Crippen LogP contribution in [0.3, 0.4) is 0 Å². The molecule has 2 aromatic rings. The molecule has 9 heteroatoms. The Hall–Kier alpha value is -2.42. The molecule has 0 unspecified atom stereocenters. The van der Waals surface area contributed by atoms with Crippen molar-refractivity contribution in [2.45, 2.75) is 43.9 Å². The minimum atomic E-state index is -3.59.